The number of quaternary nitrogens is 1. The van der Waals surface area contributed by atoms with Gasteiger partial charge in [-0.1, -0.05) is 4.68 Å². The third kappa shape index (κ3) is 3.92. The number of rotatable bonds is 2. The summed E-state index contributed by atoms with van der Waals surface area (Å²) in [5, 5.41) is 18.8. The highest BCUT2D eigenvalue weighted by Gasteiger charge is 2.28. The third-order valence-electron chi connectivity index (χ3n) is 3.37. The number of carbonyl (C=O) groups is 2. The van der Waals surface area contributed by atoms with Crippen molar-refractivity contribution in [1.29, 1.82) is 0 Å². The van der Waals surface area contributed by atoms with Crippen molar-refractivity contribution < 1.29 is 31.6 Å². The van der Waals surface area contributed by atoms with Gasteiger partial charge in [0.05, 0.1) is 24.7 Å². The topological polar surface area (TPSA) is 117 Å². The lowest BCUT2D eigenvalue weighted by molar-refractivity contribution is -0.773. The molecule has 0 aromatic carbocycles. The summed E-state index contributed by atoms with van der Waals surface area (Å²) >= 11 is 0. The van der Waals surface area contributed by atoms with Crippen LogP contribution in [-0.4, -0.2) is 16.6 Å². The summed E-state index contributed by atoms with van der Waals surface area (Å²) in [6.45, 7) is 0. The van der Waals surface area contributed by atoms with Gasteiger partial charge >= 0.3 is 7.24 Å². The molecule has 0 bridgehead atoms. The monoisotopic (exact) mass is 282 g/mol. The number of nitrogens with zero attached hydrogens (tertiary/aromatic N) is 2. The molecule has 0 unspecified atom stereocenters. The molecule has 1 aromatic rings. The van der Waals surface area contributed by atoms with Crippen LogP contribution in [0.5, 0.6) is 0 Å². The zero-order valence-corrected chi connectivity index (χ0v) is 11.7. The number of carboxylic acid groups (broad SMARTS) is 2. The van der Waals surface area contributed by atoms with Gasteiger partial charge in [-0.25, -0.2) is 0 Å². The van der Waals surface area contributed by atoms with E-state index >= 15 is 0 Å². The Morgan fingerprint density at radius 1 is 1.25 bits per heavy atom. The lowest BCUT2D eigenvalue weighted by Gasteiger charge is -2.07. The molecule has 0 fully saturated rings. The Kier molecular flexibility index (Phi) is 5.45. The first-order chi connectivity index (χ1) is 9.34. The first kappa shape index (κ1) is 15.9. The van der Waals surface area contributed by atoms with E-state index < -0.39 is 11.9 Å². The second kappa shape index (κ2) is 6.85. The number of carbonyl (C=O) groups excluding carboxylic acids is 2. The molecular formula is C13H20N3O4+. The minimum absolute atomic E-state index is 0. The van der Waals surface area contributed by atoms with Crippen LogP contribution in [0, 0.1) is 0 Å². The minimum Gasteiger partial charge on any atom is -0.545 e. The zero-order chi connectivity index (χ0) is 15.3. The Hall–Kier alpha value is -2.15. The lowest BCUT2D eigenvalue weighted by Crippen LogP contribution is -2.55. The average molecular weight is 282 g/mol. The highest BCUT2D eigenvalue weighted by molar-refractivity contribution is 5.87. The van der Waals surface area contributed by atoms with Crippen molar-refractivity contribution in [2.45, 2.75) is 25.7 Å². The molecule has 7 heteroatoms. The number of hydrogen-bond donors (Lipinski definition) is 1. The van der Waals surface area contributed by atoms with Crippen molar-refractivity contribution in [2.24, 2.45) is 14.1 Å². The smallest absolute Gasteiger partial charge is 0.545 e. The van der Waals surface area contributed by atoms with Gasteiger partial charge in [-0.05, 0) is 37.8 Å². The molecule has 0 radical (unpaired) electrons. The second-order valence-electron chi connectivity index (χ2n) is 4.60. The number of carboxylic acids is 2. The highest BCUT2D eigenvalue weighted by atomic mass is 16.4. The van der Waals surface area contributed by atoms with Crippen LogP contribution in [0.25, 0.3) is 0 Å². The molecule has 0 aliphatic heterocycles. The van der Waals surface area contributed by atoms with E-state index in [1.54, 1.807) is 0 Å². The van der Waals surface area contributed by atoms with Crippen LogP contribution in [0.2, 0.25) is 0 Å². The summed E-state index contributed by atoms with van der Waals surface area (Å²) in [4.78, 5) is 18.8. The quantitative estimate of drug-likeness (QED) is 0.453. The van der Waals surface area contributed by atoms with Crippen LogP contribution in [0.1, 0.15) is 25.5 Å². The van der Waals surface area contributed by atoms with E-state index in [-0.39, 0.29) is 1.43 Å². The molecule has 1 aliphatic rings. The van der Waals surface area contributed by atoms with Crippen molar-refractivity contribution in [3.8, 4) is 0 Å². The van der Waals surface area contributed by atoms with Gasteiger partial charge in [-0.3, -0.25) is 5.73 Å². The second-order valence-corrected chi connectivity index (χ2v) is 4.60. The Balaban J connectivity index is 0.000000397. The van der Waals surface area contributed by atoms with Crippen LogP contribution < -0.4 is 20.6 Å². The first-order valence-corrected chi connectivity index (χ1v) is 6.33. The van der Waals surface area contributed by atoms with Gasteiger partial charge in [-0.15, -0.1) is 0 Å². The van der Waals surface area contributed by atoms with Gasteiger partial charge in [0.15, 0.2) is 7.05 Å². The molecule has 1 aliphatic carbocycles. The molecule has 0 amide bonds. The fourth-order valence-corrected chi connectivity index (χ4v) is 2.25. The standard InChI is InChI=1S/C9H15N3.C4H4O4/c1-11-8-6-4-3-5-7(8)9(10)12(11)2;5-3(6)1-2-4(7)8/h10H,3-6H2,1-2H3;1-2H,(H,5,6)(H,7,8)/p+1/b;2-1-. The minimum atomic E-state index is -1.55. The molecule has 0 atom stereocenters. The van der Waals surface area contributed by atoms with Crippen molar-refractivity contribution >= 4 is 17.8 Å². The Morgan fingerprint density at radius 2 is 1.75 bits per heavy atom. The van der Waals surface area contributed by atoms with Crippen LogP contribution in [0.4, 0.5) is 5.82 Å². The molecule has 7 nitrogen and oxygen atoms in total. The number of fused-ring (bicyclic) bond motifs is 1. The number of aliphatic carboxylic acids is 2. The Bertz CT molecular complexity index is 507. The number of aromatic nitrogens is 2. The van der Waals surface area contributed by atoms with Gasteiger partial charge in [-0.2, -0.15) is 4.68 Å². The number of hydrogen-bond acceptors (Lipinski definition) is 4. The van der Waals surface area contributed by atoms with E-state index in [2.05, 4.69) is 29.2 Å². The maximum atomic E-state index is 9.41. The lowest BCUT2D eigenvalue weighted by atomic mass is 9.97. The predicted octanol–water partition coefficient (Wildman–Crippen LogP) is -3.24. The third-order valence-corrected chi connectivity index (χ3v) is 3.37. The Labute approximate surface area is 118 Å². The van der Waals surface area contributed by atoms with E-state index in [1.807, 2.05) is 0 Å². The Morgan fingerprint density at radius 3 is 2.20 bits per heavy atom. The van der Waals surface area contributed by atoms with Crippen LogP contribution in [0.15, 0.2) is 12.2 Å². The zero-order valence-electron chi connectivity index (χ0n) is 12.7. The largest absolute Gasteiger partial charge is 1.00 e. The first-order valence-electron chi connectivity index (χ1n) is 6.33. The van der Waals surface area contributed by atoms with E-state index in [0.717, 1.165) is 0 Å². The fourth-order valence-electron chi connectivity index (χ4n) is 2.25. The van der Waals surface area contributed by atoms with E-state index in [4.69, 9.17) is 0 Å². The molecule has 0 saturated carbocycles. The average Bonchev–Trinajstić information content (AvgIpc) is 2.63. The molecule has 1 heterocycles. The normalized spacial score (nSPS) is 13.6. The fraction of sp³-hybridized carbons (Fsp3) is 0.462. The molecule has 110 valence electrons. The summed E-state index contributed by atoms with van der Waals surface area (Å²) in [6.07, 6.45) is 5.90. The molecule has 2 rings (SSSR count). The summed E-state index contributed by atoms with van der Waals surface area (Å²) in [6, 6.07) is 0. The van der Waals surface area contributed by atoms with Gasteiger partial charge in [0.1, 0.15) is 5.56 Å². The molecule has 20 heavy (non-hydrogen) atoms. The van der Waals surface area contributed by atoms with Crippen LogP contribution >= 0.6 is 0 Å². The van der Waals surface area contributed by atoms with Gasteiger partial charge < -0.3 is 19.8 Å². The molecule has 3 N–H and O–H groups in total. The van der Waals surface area contributed by atoms with Gasteiger partial charge in [0.2, 0.25) is 0 Å². The predicted molar refractivity (Wildman–Crippen MR) is 66.0 cm³/mol. The highest BCUT2D eigenvalue weighted by Crippen LogP contribution is 2.22. The molecular weight excluding hydrogens is 262 g/mol. The molecule has 0 spiro atoms. The van der Waals surface area contributed by atoms with Gasteiger partial charge in [0.25, 0.3) is 0 Å². The molecule has 1 aromatic heterocycles. The van der Waals surface area contributed by atoms with Crippen molar-refractivity contribution in [1.82, 2.24) is 4.68 Å². The van der Waals surface area contributed by atoms with Crippen molar-refractivity contribution in [3.63, 3.8) is 0 Å². The van der Waals surface area contributed by atoms with E-state index in [9.17, 15) is 19.8 Å². The van der Waals surface area contributed by atoms with Crippen LogP contribution in [0.3, 0.4) is 0 Å². The summed E-state index contributed by atoms with van der Waals surface area (Å²) in [7, 11) is 4.21. The van der Waals surface area contributed by atoms with E-state index in [1.165, 1.54) is 42.8 Å². The van der Waals surface area contributed by atoms with Crippen molar-refractivity contribution in [2.75, 3.05) is 0 Å². The SMILES string of the molecule is Cn1c2c(c([NH3+])[n+]1C)CCCC2.O=C([O-])/C=C\C(=O)[O-].[H+]. The van der Waals surface area contributed by atoms with Crippen LogP contribution in [-0.2, 0) is 36.5 Å². The summed E-state index contributed by atoms with van der Waals surface area (Å²) in [5.74, 6) is -1.89. The maximum Gasteiger partial charge on any atom is 1.00 e. The summed E-state index contributed by atoms with van der Waals surface area (Å²) in [5.41, 5.74) is 7.08. The van der Waals surface area contributed by atoms with Gasteiger partial charge in [0, 0.05) is 0 Å². The maximum absolute atomic E-state index is 9.41. The van der Waals surface area contributed by atoms with Crippen molar-refractivity contribution in [3.05, 3.63) is 23.4 Å². The summed E-state index contributed by atoms with van der Waals surface area (Å²) < 4.78 is 4.38. The van der Waals surface area contributed by atoms with E-state index in [0.29, 0.717) is 12.2 Å². The molecule has 0 saturated heterocycles.